The van der Waals surface area contributed by atoms with Crippen LogP contribution in [0.25, 0.3) is 0 Å². The van der Waals surface area contributed by atoms with Gasteiger partial charge in [0.1, 0.15) is 23.4 Å². The number of hydrogen-bond acceptors (Lipinski definition) is 5. The molecule has 0 saturated heterocycles. The number of carbonyl (C=O) groups is 3. The number of phenols is 1. The van der Waals surface area contributed by atoms with Gasteiger partial charge < -0.3 is 25.4 Å². The van der Waals surface area contributed by atoms with Crippen molar-refractivity contribution in [2.45, 2.75) is 108 Å². The first-order chi connectivity index (χ1) is 19.1. The molecule has 3 amide bonds. The van der Waals surface area contributed by atoms with Gasteiger partial charge >= 0.3 is 6.09 Å². The van der Waals surface area contributed by atoms with Crippen molar-refractivity contribution in [2.24, 2.45) is 0 Å². The number of phenolic OH excluding ortho intramolecular Hbond substituents is 1. The zero-order valence-electron chi connectivity index (χ0n) is 23.9. The maximum atomic E-state index is 14.5. The molecule has 0 aliphatic heterocycles. The monoisotopic (exact) mass is 549 g/mol. The second-order valence-corrected chi connectivity index (χ2v) is 12.1. The summed E-state index contributed by atoms with van der Waals surface area (Å²) < 4.78 is 5.52. The maximum absolute atomic E-state index is 14.5. The van der Waals surface area contributed by atoms with Crippen molar-refractivity contribution in [3.05, 3.63) is 65.7 Å². The van der Waals surface area contributed by atoms with Crippen LogP contribution in [-0.2, 0) is 20.7 Å². The van der Waals surface area contributed by atoms with Gasteiger partial charge in [-0.15, -0.1) is 0 Å². The molecule has 0 heterocycles. The second kappa shape index (κ2) is 13.2. The van der Waals surface area contributed by atoms with E-state index in [0.29, 0.717) is 5.56 Å². The van der Waals surface area contributed by atoms with Crippen molar-refractivity contribution in [1.82, 2.24) is 15.5 Å². The summed E-state index contributed by atoms with van der Waals surface area (Å²) in [6, 6.07) is 14.1. The Kier molecular flexibility index (Phi) is 9.71. The third kappa shape index (κ3) is 7.99. The number of amides is 3. The summed E-state index contributed by atoms with van der Waals surface area (Å²) in [5, 5.41) is 16.0. The zero-order valence-corrected chi connectivity index (χ0v) is 23.9. The van der Waals surface area contributed by atoms with Gasteiger partial charge in [0.25, 0.3) is 0 Å². The summed E-state index contributed by atoms with van der Waals surface area (Å²) >= 11 is 0. The molecule has 2 aromatic carbocycles. The van der Waals surface area contributed by atoms with Crippen LogP contribution in [0.3, 0.4) is 0 Å². The van der Waals surface area contributed by atoms with Crippen molar-refractivity contribution < 1.29 is 24.2 Å². The maximum Gasteiger partial charge on any atom is 0.408 e. The fourth-order valence-corrected chi connectivity index (χ4v) is 5.48. The van der Waals surface area contributed by atoms with Crippen molar-refractivity contribution in [2.75, 3.05) is 0 Å². The molecule has 216 valence electrons. The first-order valence-corrected chi connectivity index (χ1v) is 14.6. The molecule has 0 radical (unpaired) electrons. The van der Waals surface area contributed by atoms with Crippen LogP contribution in [0, 0.1) is 0 Å². The largest absolute Gasteiger partial charge is 0.508 e. The van der Waals surface area contributed by atoms with Gasteiger partial charge in [-0.05, 0) is 76.1 Å². The summed E-state index contributed by atoms with van der Waals surface area (Å²) in [5.41, 5.74) is 0.785. The highest BCUT2D eigenvalue weighted by Gasteiger charge is 2.42. The average molecular weight is 550 g/mol. The van der Waals surface area contributed by atoms with Gasteiger partial charge in [0.2, 0.25) is 11.8 Å². The van der Waals surface area contributed by atoms with Crippen LogP contribution in [-0.4, -0.2) is 51.6 Å². The fourth-order valence-electron chi connectivity index (χ4n) is 5.48. The van der Waals surface area contributed by atoms with Gasteiger partial charge in [-0.25, -0.2) is 4.79 Å². The molecule has 2 aromatic rings. The Bertz CT molecular complexity index is 1140. The van der Waals surface area contributed by atoms with Crippen LogP contribution >= 0.6 is 0 Å². The normalized spacial score (nSPS) is 17.7. The number of ether oxygens (including phenoxy) is 1. The Morgan fingerprint density at radius 3 is 2.15 bits per heavy atom. The van der Waals surface area contributed by atoms with Gasteiger partial charge in [0.05, 0.1) is 0 Å². The molecule has 4 rings (SSSR count). The number of alkyl carbamates (subject to hydrolysis) is 1. The third-order valence-electron chi connectivity index (χ3n) is 7.68. The number of benzene rings is 2. The number of aromatic hydroxyl groups is 1. The molecular formula is C32H43N3O5. The highest BCUT2D eigenvalue weighted by atomic mass is 16.6. The molecule has 0 spiro atoms. The van der Waals surface area contributed by atoms with E-state index < -0.39 is 23.8 Å². The van der Waals surface area contributed by atoms with E-state index in [4.69, 9.17) is 4.74 Å². The van der Waals surface area contributed by atoms with E-state index in [2.05, 4.69) is 10.6 Å². The summed E-state index contributed by atoms with van der Waals surface area (Å²) in [7, 11) is 0. The lowest BCUT2D eigenvalue weighted by Gasteiger charge is -2.44. The predicted octanol–water partition coefficient (Wildman–Crippen LogP) is 5.40. The average Bonchev–Trinajstić information content (AvgIpc) is 2.87. The molecule has 2 saturated carbocycles. The molecule has 40 heavy (non-hydrogen) atoms. The fraction of sp³-hybridized carbons (Fsp3) is 0.531. The number of nitrogens with zero attached hydrogens (tertiary/aromatic N) is 1. The quantitative estimate of drug-likeness (QED) is 0.388. The molecule has 2 aliphatic rings. The Labute approximate surface area is 237 Å². The number of rotatable bonds is 9. The standard InChI is InChI=1S/C32H43N3O5/c1-32(2,3)40-31(39)34-27(21-22-11-6-4-7-12-22)30(38)35(25-15-10-16-25)28(23-17-19-26(36)20-18-23)29(37)33-24-13-8-5-9-14-24/h4,6-7,11-12,17-20,24-25,27-28,36H,5,8-10,13-16,21H2,1-3H3,(H,33,37)(H,34,39). The van der Waals surface area contributed by atoms with Crippen LogP contribution in [0.4, 0.5) is 4.79 Å². The van der Waals surface area contributed by atoms with Gasteiger partial charge in [-0.1, -0.05) is 61.7 Å². The predicted molar refractivity (Wildman–Crippen MR) is 154 cm³/mol. The molecule has 0 bridgehead atoms. The van der Waals surface area contributed by atoms with E-state index in [9.17, 15) is 19.5 Å². The number of hydrogen-bond donors (Lipinski definition) is 3. The molecule has 3 N–H and O–H groups in total. The Hall–Kier alpha value is -3.55. The summed E-state index contributed by atoms with van der Waals surface area (Å²) in [6.07, 6.45) is 7.24. The van der Waals surface area contributed by atoms with Crippen molar-refractivity contribution in [1.29, 1.82) is 0 Å². The van der Waals surface area contributed by atoms with Gasteiger partial charge in [0, 0.05) is 18.5 Å². The smallest absolute Gasteiger partial charge is 0.408 e. The molecule has 2 aliphatic carbocycles. The van der Waals surface area contributed by atoms with Crippen LogP contribution < -0.4 is 10.6 Å². The lowest BCUT2D eigenvalue weighted by atomic mass is 9.87. The Morgan fingerprint density at radius 2 is 1.57 bits per heavy atom. The topological polar surface area (TPSA) is 108 Å². The van der Waals surface area contributed by atoms with Crippen LogP contribution in [0.1, 0.15) is 89.3 Å². The van der Waals surface area contributed by atoms with Gasteiger partial charge in [-0.3, -0.25) is 9.59 Å². The summed E-state index contributed by atoms with van der Waals surface area (Å²) in [6.45, 7) is 5.33. The molecule has 8 nitrogen and oxygen atoms in total. The Morgan fingerprint density at radius 1 is 0.925 bits per heavy atom. The first-order valence-electron chi connectivity index (χ1n) is 14.6. The minimum atomic E-state index is -0.931. The zero-order chi connectivity index (χ0) is 28.7. The first kappa shape index (κ1) is 29.4. The van der Waals surface area contributed by atoms with Crippen LogP contribution in [0.5, 0.6) is 5.75 Å². The molecule has 2 unspecified atom stereocenters. The molecule has 0 aromatic heterocycles. The van der Waals surface area contributed by atoms with E-state index in [1.54, 1.807) is 49.9 Å². The summed E-state index contributed by atoms with van der Waals surface area (Å²) in [5.74, 6) is -0.463. The Balaban J connectivity index is 1.69. The SMILES string of the molecule is CC(C)(C)OC(=O)NC(Cc1ccccc1)C(=O)N(C1CCC1)C(C(=O)NC1CCCCC1)c1ccc(O)cc1. The minimum Gasteiger partial charge on any atom is -0.508 e. The van der Waals surface area contributed by atoms with Crippen LogP contribution in [0.15, 0.2) is 54.6 Å². The highest BCUT2D eigenvalue weighted by molar-refractivity contribution is 5.92. The van der Waals surface area contributed by atoms with E-state index >= 15 is 0 Å². The van der Waals surface area contributed by atoms with E-state index in [1.807, 2.05) is 30.3 Å². The second-order valence-electron chi connectivity index (χ2n) is 12.1. The van der Waals surface area contributed by atoms with Crippen molar-refractivity contribution >= 4 is 17.9 Å². The summed E-state index contributed by atoms with van der Waals surface area (Å²) in [4.78, 5) is 43.1. The van der Waals surface area contributed by atoms with E-state index in [0.717, 1.165) is 56.9 Å². The molecule has 2 fully saturated rings. The van der Waals surface area contributed by atoms with Crippen molar-refractivity contribution in [3.63, 3.8) is 0 Å². The van der Waals surface area contributed by atoms with Gasteiger partial charge in [-0.2, -0.15) is 0 Å². The lowest BCUT2D eigenvalue weighted by Crippen LogP contribution is -2.58. The van der Waals surface area contributed by atoms with E-state index in [-0.39, 0.29) is 36.1 Å². The lowest BCUT2D eigenvalue weighted by molar-refractivity contribution is -0.147. The van der Waals surface area contributed by atoms with E-state index in [1.165, 1.54) is 0 Å². The molecular weight excluding hydrogens is 506 g/mol. The third-order valence-corrected chi connectivity index (χ3v) is 7.68. The van der Waals surface area contributed by atoms with Crippen molar-refractivity contribution in [3.8, 4) is 5.75 Å². The van der Waals surface area contributed by atoms with Crippen LogP contribution in [0.2, 0.25) is 0 Å². The number of nitrogens with one attached hydrogen (secondary N) is 2. The number of carbonyl (C=O) groups excluding carboxylic acids is 3. The van der Waals surface area contributed by atoms with Gasteiger partial charge in [0.15, 0.2) is 0 Å². The molecule has 2 atom stereocenters. The molecule has 8 heteroatoms. The highest BCUT2D eigenvalue weighted by Crippen LogP contribution is 2.35. The minimum absolute atomic E-state index is 0.0687.